The summed E-state index contributed by atoms with van der Waals surface area (Å²) in [5, 5.41) is 48.6. The average Bonchev–Trinajstić information content (AvgIpc) is 1.60. The maximum Gasteiger partial charge on any atom is 0.322 e. The van der Waals surface area contributed by atoms with Crippen molar-refractivity contribution in [3.63, 3.8) is 0 Å². The van der Waals surface area contributed by atoms with Crippen molar-refractivity contribution < 1.29 is 36.3 Å². The number of anilines is 5. The Morgan fingerprint density at radius 3 is 1.45 bits per heavy atom. The molecule has 0 aliphatic carbocycles. The average molecular weight is 1300 g/mol. The predicted octanol–water partition coefficient (Wildman–Crippen LogP) is 5.60. The molecule has 5 saturated heterocycles. The van der Waals surface area contributed by atoms with Crippen molar-refractivity contribution in [3.05, 3.63) is 87.2 Å². The number of aromatic amines is 4. The number of H-pyrrole nitrogens is 4. The fourth-order valence-electron chi connectivity index (χ4n) is 12.0. The van der Waals surface area contributed by atoms with E-state index in [9.17, 15) is 36.3 Å². The summed E-state index contributed by atoms with van der Waals surface area (Å²) in [5.41, 5.74) is 12.5. The summed E-state index contributed by atoms with van der Waals surface area (Å²) in [7, 11) is -6.35. The Balaban J connectivity index is 0.000000127. The molecular formula is C54H66Cl4N18O8S2. The number of nitrogens with zero attached hydrogens (tertiary/aromatic N) is 11. The van der Waals surface area contributed by atoms with Crippen LogP contribution >= 0.6 is 46.4 Å². The zero-order valence-electron chi connectivity index (χ0n) is 47.6. The lowest BCUT2D eigenvalue weighted by atomic mass is 9.87. The Morgan fingerprint density at radius 2 is 1.02 bits per heavy atom. The molecule has 3 atom stereocenters. The Bertz CT molecular complexity index is 4050. The van der Waals surface area contributed by atoms with Gasteiger partial charge in [0, 0.05) is 144 Å². The molecule has 5 aliphatic heterocycles. The van der Waals surface area contributed by atoms with Crippen molar-refractivity contribution in [1.29, 1.82) is 0 Å². The summed E-state index contributed by atoms with van der Waals surface area (Å²) in [6.45, 7) is 12.6. The van der Waals surface area contributed by atoms with Crippen LogP contribution in [0.1, 0.15) is 33.6 Å². The van der Waals surface area contributed by atoms with Crippen LogP contribution < -0.4 is 36.0 Å². The number of hydrogen-bond acceptors (Lipinski definition) is 17. The number of nitrogens with two attached hydrogens (primary N) is 1. The highest BCUT2D eigenvalue weighted by Crippen LogP contribution is 2.38. The second-order valence-corrected chi connectivity index (χ2v) is 27.7. The molecule has 86 heavy (non-hydrogen) atoms. The lowest BCUT2D eigenvalue weighted by molar-refractivity contribution is -0.139. The topological polar surface area (TPSA) is 327 Å². The van der Waals surface area contributed by atoms with Gasteiger partial charge in [0.15, 0.2) is 5.82 Å². The fraction of sp³-hybridized carbons (Fsp3) is 0.426. The number of aromatic nitrogens is 8. The van der Waals surface area contributed by atoms with E-state index in [0.717, 1.165) is 66.4 Å². The maximum absolute atomic E-state index is 12.0. The molecule has 1 unspecified atom stereocenters. The molecule has 5 aliphatic rings. The molecule has 4 aromatic carbocycles. The standard InChI is InChI=1S/C14H14ClN5O2.C14H19ClN4O2S.C14H17ClN4O2.C12H16ClN5O2S/c15-8-5-10-9(7-16-19-10)11(6-8)20-3-1-14(2-4-20)12(21)17-13(22)18-14;1-9-7-18(8-10(2)19(9)22(3,20)21)14-5-11(15)4-13-12(14)6-16-17-13;1-9(20)14(21)19-4-2-18(3-5-19)13-7-10(15)6-12-11(13)8-16-17-12;1-21(19,20)18-4-2-17(3-5-18)10-7-8(13)6-9-11(10)12(14)16-15-9/h5-7H,1-4H2,(H,16,19)(H2,17,18,21,22);4-6,9-10H,7-8H2,1-3H3,(H,16,17);6-9,20H,2-5H2,1H3,(H,16,17);6-7H,2-5H2,1H3,(H3,14,15,16)/t;9-,10+;;. The molecule has 460 valence electrons. The Kier molecular flexibility index (Phi) is 18.1. The molecule has 4 amide bonds. The number of benzene rings is 4. The van der Waals surface area contributed by atoms with Crippen LogP contribution in [0.25, 0.3) is 43.6 Å². The quantitative estimate of drug-likeness (QED) is 0.0901. The highest BCUT2D eigenvalue weighted by molar-refractivity contribution is 7.88. The van der Waals surface area contributed by atoms with Gasteiger partial charge in [0.2, 0.25) is 20.0 Å². The van der Waals surface area contributed by atoms with Crippen molar-refractivity contribution >= 4 is 156 Å². The minimum Gasteiger partial charge on any atom is -0.384 e. The number of piperidine rings is 1. The molecule has 32 heteroatoms. The number of hydrogen-bond donors (Lipinski definition) is 8. The molecule has 1 spiro atoms. The molecule has 13 rings (SSSR count). The highest BCUT2D eigenvalue weighted by Gasteiger charge is 2.48. The van der Waals surface area contributed by atoms with Crippen LogP contribution in [0.5, 0.6) is 0 Å². The maximum atomic E-state index is 12.0. The summed E-state index contributed by atoms with van der Waals surface area (Å²) in [6, 6.07) is 14.3. The van der Waals surface area contributed by atoms with E-state index in [2.05, 4.69) is 71.0 Å². The smallest absolute Gasteiger partial charge is 0.322 e. The van der Waals surface area contributed by atoms with Gasteiger partial charge in [-0.25, -0.2) is 21.6 Å². The normalized spacial score (nSPS) is 19.9. The molecule has 0 saturated carbocycles. The SMILES string of the molecule is CC(O)C(=O)N1CCN(c2cc(Cl)cc3[nH]ncc23)CC1.CS(=O)(=O)N1CCN(c2cc(Cl)cc3[nH]nc(N)c23)CC1.C[C@@H]1CN(c2cc(Cl)cc3[nH]ncc23)C[C@H](C)N1S(C)(=O)=O.O=C1NC(=O)C2(CCN(c3cc(Cl)cc4[nH]ncc34)CC2)N1. The number of amides is 4. The monoisotopic (exact) mass is 1300 g/mol. The Morgan fingerprint density at radius 1 is 0.605 bits per heavy atom. The molecular weight excluding hydrogens is 1230 g/mol. The first-order valence-corrected chi connectivity index (χ1v) is 32.8. The van der Waals surface area contributed by atoms with Gasteiger partial charge < -0.3 is 40.7 Å². The predicted molar refractivity (Wildman–Crippen MR) is 337 cm³/mol. The van der Waals surface area contributed by atoms with Gasteiger partial charge in [-0.2, -0.15) is 29.0 Å². The Labute approximate surface area is 515 Å². The van der Waals surface area contributed by atoms with Gasteiger partial charge in [-0.05, 0) is 82.1 Å². The van der Waals surface area contributed by atoms with E-state index in [1.807, 2.05) is 56.3 Å². The molecule has 8 aromatic rings. The van der Waals surface area contributed by atoms with Crippen molar-refractivity contribution in [2.24, 2.45) is 0 Å². The van der Waals surface area contributed by atoms with Gasteiger partial charge in [-0.15, -0.1) is 0 Å². The van der Waals surface area contributed by atoms with E-state index in [1.165, 1.54) is 23.7 Å². The number of piperazine rings is 3. The van der Waals surface area contributed by atoms with Gasteiger partial charge in [0.25, 0.3) is 11.8 Å². The largest absolute Gasteiger partial charge is 0.384 e. The van der Waals surface area contributed by atoms with Crippen LogP contribution in [0.3, 0.4) is 0 Å². The summed E-state index contributed by atoms with van der Waals surface area (Å²) >= 11 is 24.6. The molecule has 26 nitrogen and oxygen atoms in total. The second-order valence-electron chi connectivity index (χ2n) is 22.0. The van der Waals surface area contributed by atoms with E-state index in [4.69, 9.17) is 52.1 Å². The van der Waals surface area contributed by atoms with E-state index in [0.29, 0.717) is 117 Å². The number of halogens is 4. The van der Waals surface area contributed by atoms with E-state index in [-0.39, 0.29) is 23.9 Å². The number of aliphatic hydroxyl groups is 1. The number of urea groups is 1. The van der Waals surface area contributed by atoms with Crippen LogP contribution in [0.4, 0.5) is 33.4 Å². The number of aliphatic hydroxyl groups excluding tert-OH is 1. The van der Waals surface area contributed by atoms with Crippen molar-refractivity contribution in [2.45, 2.75) is 57.3 Å². The third kappa shape index (κ3) is 13.3. The van der Waals surface area contributed by atoms with Crippen LogP contribution in [-0.4, -0.2) is 209 Å². The van der Waals surface area contributed by atoms with Gasteiger partial charge in [-0.1, -0.05) is 46.4 Å². The fourth-order valence-corrected chi connectivity index (χ4v) is 15.1. The number of carbonyl (C=O) groups is 3. The van der Waals surface area contributed by atoms with Gasteiger partial charge >= 0.3 is 6.03 Å². The van der Waals surface area contributed by atoms with Crippen LogP contribution in [0.15, 0.2) is 67.1 Å². The highest BCUT2D eigenvalue weighted by atomic mass is 35.5. The third-order valence-electron chi connectivity index (χ3n) is 16.0. The molecule has 0 radical (unpaired) electrons. The first kappa shape index (κ1) is 62.2. The molecule has 9 heterocycles. The number of nitrogen functional groups attached to an aromatic ring is 1. The first-order valence-electron chi connectivity index (χ1n) is 27.6. The molecule has 5 fully saturated rings. The second kappa shape index (κ2) is 25.1. The number of imide groups is 1. The van der Waals surface area contributed by atoms with E-state index < -0.39 is 37.7 Å². The van der Waals surface area contributed by atoms with Crippen LogP contribution in [0, 0.1) is 0 Å². The first-order chi connectivity index (χ1) is 40.8. The molecule has 9 N–H and O–H groups in total. The Hall–Kier alpha value is -6.89. The number of nitrogens with one attached hydrogen (secondary N) is 6. The number of sulfonamides is 2. The van der Waals surface area contributed by atoms with E-state index >= 15 is 0 Å². The summed E-state index contributed by atoms with van der Waals surface area (Å²) in [4.78, 5) is 45.5. The van der Waals surface area contributed by atoms with Gasteiger partial charge in [0.1, 0.15) is 11.6 Å². The zero-order valence-corrected chi connectivity index (χ0v) is 52.3. The molecule has 0 bridgehead atoms. The van der Waals surface area contributed by atoms with Gasteiger partial charge in [-0.3, -0.25) is 35.3 Å². The minimum absolute atomic E-state index is 0.0975. The summed E-state index contributed by atoms with van der Waals surface area (Å²) < 4.78 is 50.1. The lowest BCUT2D eigenvalue weighted by Gasteiger charge is -2.44. The summed E-state index contributed by atoms with van der Waals surface area (Å²) in [5.74, 6) is -0.0203. The lowest BCUT2D eigenvalue weighted by Crippen LogP contribution is -2.58. The molecule has 4 aromatic heterocycles. The van der Waals surface area contributed by atoms with Crippen LogP contribution in [-0.2, 0) is 29.6 Å². The van der Waals surface area contributed by atoms with Crippen molar-refractivity contribution in [1.82, 2.24) is 64.9 Å². The minimum atomic E-state index is -3.21. The number of rotatable bonds is 7. The zero-order chi connectivity index (χ0) is 61.6. The third-order valence-corrected chi connectivity index (χ3v) is 19.7. The van der Waals surface area contributed by atoms with Crippen molar-refractivity contribution in [2.75, 3.05) is 116 Å². The number of fused-ring (bicyclic) bond motifs is 4. The summed E-state index contributed by atoms with van der Waals surface area (Å²) in [6.07, 6.45) is 8.02. The number of carbonyl (C=O) groups excluding carboxylic acids is 3. The van der Waals surface area contributed by atoms with Crippen molar-refractivity contribution in [3.8, 4) is 0 Å². The van der Waals surface area contributed by atoms with E-state index in [1.54, 1.807) is 33.9 Å². The van der Waals surface area contributed by atoms with Crippen LogP contribution in [0.2, 0.25) is 20.1 Å². The van der Waals surface area contributed by atoms with Gasteiger partial charge in [0.05, 0.1) is 64.2 Å².